The Morgan fingerprint density at radius 3 is 2.62 bits per heavy atom. The average Bonchev–Trinajstić information content (AvgIpc) is 2.44. The quantitative estimate of drug-likeness (QED) is 0.674. The fourth-order valence-electron chi connectivity index (χ4n) is 2.86. The molecule has 1 aromatic carbocycles. The van der Waals surface area contributed by atoms with Crippen LogP contribution in [0.2, 0.25) is 0 Å². The first kappa shape index (κ1) is 15.5. The highest BCUT2D eigenvalue weighted by Gasteiger charge is 2.26. The summed E-state index contributed by atoms with van der Waals surface area (Å²) in [4.78, 5) is 10.2. The molecule has 116 valence electrons. The molecule has 1 aromatic rings. The summed E-state index contributed by atoms with van der Waals surface area (Å²) in [6, 6.07) is 2.48. The molecule has 0 spiro atoms. The molecule has 0 radical (unpaired) electrons. The molecule has 0 heterocycles. The molecule has 0 bridgehead atoms. The molecule has 1 fully saturated rings. The number of nitro groups is 1. The summed E-state index contributed by atoms with van der Waals surface area (Å²) in [7, 11) is 1.34. The van der Waals surface area contributed by atoms with Crippen molar-refractivity contribution in [1.82, 2.24) is 0 Å². The lowest BCUT2D eigenvalue weighted by Crippen LogP contribution is -2.30. The molecular formula is C15H21FN2O3. The number of nitro benzene ring substituents is 1. The van der Waals surface area contributed by atoms with Gasteiger partial charge in [-0.05, 0) is 31.1 Å². The fourth-order valence-corrected chi connectivity index (χ4v) is 2.86. The van der Waals surface area contributed by atoms with Gasteiger partial charge in [0.15, 0.2) is 11.6 Å². The van der Waals surface area contributed by atoms with E-state index in [1.54, 1.807) is 0 Å². The molecule has 0 amide bonds. The van der Waals surface area contributed by atoms with Crippen LogP contribution in [0.1, 0.15) is 33.1 Å². The summed E-state index contributed by atoms with van der Waals surface area (Å²) in [5.74, 6) is 0.716. The SMILES string of the molecule is COc1cc(NC2CCC(C)C(C)C2)c(F)cc1[N+](=O)[O-]. The number of methoxy groups -OCH3 is 1. The fraction of sp³-hybridized carbons (Fsp3) is 0.600. The number of nitrogens with one attached hydrogen (secondary N) is 1. The van der Waals surface area contributed by atoms with E-state index in [-0.39, 0.29) is 23.2 Å². The van der Waals surface area contributed by atoms with Gasteiger partial charge in [0.1, 0.15) is 0 Å². The second-order valence-corrected chi connectivity index (χ2v) is 5.87. The Morgan fingerprint density at radius 1 is 1.33 bits per heavy atom. The molecule has 6 heteroatoms. The van der Waals surface area contributed by atoms with E-state index in [4.69, 9.17) is 4.74 Å². The highest BCUT2D eigenvalue weighted by atomic mass is 19.1. The van der Waals surface area contributed by atoms with E-state index in [1.165, 1.54) is 13.2 Å². The zero-order valence-electron chi connectivity index (χ0n) is 12.6. The molecule has 1 saturated carbocycles. The standard InChI is InChI=1S/C15H21FN2O3/c1-9-4-5-11(6-10(9)2)17-13-8-15(21-3)14(18(19)20)7-12(13)16/h7-11,17H,4-6H2,1-3H3. The van der Waals surface area contributed by atoms with Crippen molar-refractivity contribution < 1.29 is 14.1 Å². The van der Waals surface area contributed by atoms with E-state index < -0.39 is 10.7 Å². The summed E-state index contributed by atoms with van der Waals surface area (Å²) in [5.41, 5.74) is -0.0876. The topological polar surface area (TPSA) is 64.4 Å². The first-order valence-corrected chi connectivity index (χ1v) is 7.20. The molecule has 1 aliphatic carbocycles. The van der Waals surface area contributed by atoms with E-state index in [2.05, 4.69) is 19.2 Å². The number of hydrogen-bond acceptors (Lipinski definition) is 4. The minimum Gasteiger partial charge on any atom is -0.490 e. The highest BCUT2D eigenvalue weighted by molar-refractivity contribution is 5.59. The van der Waals surface area contributed by atoms with Gasteiger partial charge < -0.3 is 10.1 Å². The Hall–Kier alpha value is -1.85. The normalized spacial score (nSPS) is 25.4. The van der Waals surface area contributed by atoms with Crippen LogP contribution in [0.5, 0.6) is 5.75 Å². The van der Waals surface area contributed by atoms with Gasteiger partial charge >= 0.3 is 5.69 Å². The van der Waals surface area contributed by atoms with Crippen molar-refractivity contribution in [2.75, 3.05) is 12.4 Å². The maximum Gasteiger partial charge on any atom is 0.313 e. The predicted molar refractivity (Wildman–Crippen MR) is 79.2 cm³/mol. The van der Waals surface area contributed by atoms with Crippen LogP contribution in [0.3, 0.4) is 0 Å². The summed E-state index contributed by atoms with van der Waals surface area (Å²) < 4.78 is 19.0. The lowest BCUT2D eigenvalue weighted by Gasteiger charge is -2.33. The Bertz CT molecular complexity index is 536. The smallest absolute Gasteiger partial charge is 0.313 e. The molecular weight excluding hydrogens is 275 g/mol. The molecule has 2 rings (SSSR count). The van der Waals surface area contributed by atoms with Crippen molar-refractivity contribution >= 4 is 11.4 Å². The number of benzene rings is 1. The van der Waals surface area contributed by atoms with Crippen molar-refractivity contribution in [3.8, 4) is 5.75 Å². The molecule has 5 nitrogen and oxygen atoms in total. The van der Waals surface area contributed by atoms with Crippen molar-refractivity contribution in [1.29, 1.82) is 0 Å². The maximum atomic E-state index is 14.0. The Kier molecular flexibility index (Phi) is 4.65. The number of ether oxygens (including phenoxy) is 1. The van der Waals surface area contributed by atoms with E-state index in [1.807, 2.05) is 0 Å². The van der Waals surface area contributed by atoms with Gasteiger partial charge in [0.25, 0.3) is 0 Å². The van der Waals surface area contributed by atoms with Crippen LogP contribution >= 0.6 is 0 Å². The molecule has 3 atom stereocenters. The lowest BCUT2D eigenvalue weighted by atomic mass is 9.79. The summed E-state index contributed by atoms with van der Waals surface area (Å²) >= 11 is 0. The van der Waals surface area contributed by atoms with Crippen LogP contribution in [-0.4, -0.2) is 18.1 Å². The van der Waals surface area contributed by atoms with Crippen LogP contribution in [0.25, 0.3) is 0 Å². The molecule has 0 aromatic heterocycles. The van der Waals surface area contributed by atoms with Crippen molar-refractivity contribution in [2.45, 2.75) is 39.2 Å². The Morgan fingerprint density at radius 2 is 2.05 bits per heavy atom. The van der Waals surface area contributed by atoms with Crippen LogP contribution in [0, 0.1) is 27.8 Å². The maximum absolute atomic E-state index is 14.0. The second-order valence-electron chi connectivity index (χ2n) is 5.87. The first-order chi connectivity index (χ1) is 9.92. The lowest BCUT2D eigenvalue weighted by molar-refractivity contribution is -0.385. The molecule has 3 unspecified atom stereocenters. The molecule has 0 aliphatic heterocycles. The van der Waals surface area contributed by atoms with E-state index in [0.29, 0.717) is 11.8 Å². The van der Waals surface area contributed by atoms with Gasteiger partial charge in [0, 0.05) is 12.1 Å². The molecule has 1 N–H and O–H groups in total. The molecule has 0 saturated heterocycles. The van der Waals surface area contributed by atoms with Gasteiger partial charge in [-0.3, -0.25) is 10.1 Å². The number of nitrogens with zero attached hydrogens (tertiary/aromatic N) is 1. The van der Waals surface area contributed by atoms with E-state index >= 15 is 0 Å². The first-order valence-electron chi connectivity index (χ1n) is 7.20. The minimum atomic E-state index is -0.643. The Labute approximate surface area is 123 Å². The monoisotopic (exact) mass is 296 g/mol. The second kappa shape index (κ2) is 6.28. The van der Waals surface area contributed by atoms with Crippen molar-refractivity contribution in [3.63, 3.8) is 0 Å². The van der Waals surface area contributed by atoms with E-state index in [9.17, 15) is 14.5 Å². The minimum absolute atomic E-state index is 0.0705. The summed E-state index contributed by atoms with van der Waals surface area (Å²) in [6.07, 6.45) is 3.05. The van der Waals surface area contributed by atoms with Crippen LogP contribution in [0.4, 0.5) is 15.8 Å². The Balaban J connectivity index is 2.19. The third-order valence-electron chi connectivity index (χ3n) is 4.42. The van der Waals surface area contributed by atoms with Crippen LogP contribution in [0.15, 0.2) is 12.1 Å². The number of anilines is 1. The predicted octanol–water partition coefficient (Wildman–Crippen LogP) is 3.98. The highest BCUT2D eigenvalue weighted by Crippen LogP contribution is 2.35. The van der Waals surface area contributed by atoms with Gasteiger partial charge in [0.05, 0.1) is 23.8 Å². The van der Waals surface area contributed by atoms with Crippen molar-refractivity contribution in [2.24, 2.45) is 11.8 Å². The van der Waals surface area contributed by atoms with Crippen molar-refractivity contribution in [3.05, 3.63) is 28.1 Å². The van der Waals surface area contributed by atoms with Crippen LogP contribution < -0.4 is 10.1 Å². The molecule has 21 heavy (non-hydrogen) atoms. The number of halogens is 1. The molecule has 1 aliphatic rings. The average molecular weight is 296 g/mol. The van der Waals surface area contributed by atoms with Gasteiger partial charge in [-0.15, -0.1) is 0 Å². The number of hydrogen-bond donors (Lipinski definition) is 1. The third kappa shape index (κ3) is 3.43. The largest absolute Gasteiger partial charge is 0.490 e. The number of rotatable bonds is 4. The summed E-state index contributed by atoms with van der Waals surface area (Å²) in [6.45, 7) is 4.43. The van der Waals surface area contributed by atoms with Gasteiger partial charge in [-0.1, -0.05) is 13.8 Å². The van der Waals surface area contributed by atoms with Gasteiger partial charge in [-0.2, -0.15) is 0 Å². The zero-order valence-corrected chi connectivity index (χ0v) is 12.6. The van der Waals surface area contributed by atoms with Gasteiger partial charge in [-0.25, -0.2) is 4.39 Å². The summed E-state index contributed by atoms with van der Waals surface area (Å²) in [5, 5.41) is 14.0. The van der Waals surface area contributed by atoms with E-state index in [0.717, 1.165) is 25.3 Å². The zero-order chi connectivity index (χ0) is 15.6. The van der Waals surface area contributed by atoms with Crippen LogP contribution in [-0.2, 0) is 0 Å². The van der Waals surface area contributed by atoms with Gasteiger partial charge in [0.2, 0.25) is 0 Å². The third-order valence-corrected chi connectivity index (χ3v) is 4.42.